The summed E-state index contributed by atoms with van der Waals surface area (Å²) in [5, 5.41) is 0. The Kier molecular flexibility index (Phi) is 4.28. The van der Waals surface area contributed by atoms with Crippen LogP contribution in [0.2, 0.25) is 0 Å². The summed E-state index contributed by atoms with van der Waals surface area (Å²) in [6, 6.07) is 4.14. The van der Waals surface area contributed by atoms with Gasteiger partial charge in [0.15, 0.2) is 0 Å². The topological polar surface area (TPSA) is 31.4 Å². The summed E-state index contributed by atoms with van der Waals surface area (Å²) in [6.07, 6.45) is 1.92. The number of methoxy groups -OCH3 is 1. The molecule has 0 unspecified atom stereocenters. The number of hydrogen-bond acceptors (Lipinski definition) is 3. The number of rotatable bonds is 4. The lowest BCUT2D eigenvalue weighted by molar-refractivity contribution is -0.120. The van der Waals surface area contributed by atoms with Gasteiger partial charge in [0.2, 0.25) is 0 Å². The summed E-state index contributed by atoms with van der Waals surface area (Å²) >= 11 is 0. The molecule has 1 heterocycles. The highest BCUT2D eigenvalue weighted by atomic mass is 16.7. The first-order valence-electron chi connectivity index (χ1n) is 5.87. The Morgan fingerprint density at radius 3 is 2.18 bits per heavy atom. The van der Waals surface area contributed by atoms with Crippen molar-refractivity contribution >= 4 is 0 Å². The van der Waals surface area contributed by atoms with Crippen molar-refractivity contribution in [2.24, 2.45) is 0 Å². The maximum absolute atomic E-state index is 5.61. The van der Waals surface area contributed by atoms with Gasteiger partial charge in [-0.1, -0.05) is 26.8 Å². The fourth-order valence-electron chi connectivity index (χ4n) is 1.47. The number of ether oxygens (including phenoxy) is 2. The highest BCUT2D eigenvalue weighted by molar-refractivity contribution is 5.23. The molecule has 17 heavy (non-hydrogen) atoms. The van der Waals surface area contributed by atoms with Crippen LogP contribution in [-0.4, -0.2) is 18.9 Å². The van der Waals surface area contributed by atoms with Crippen LogP contribution in [0, 0.1) is 0 Å². The Hall–Kier alpha value is -0.930. The predicted octanol–water partition coefficient (Wildman–Crippen LogP) is 3.23. The molecule has 3 nitrogen and oxygen atoms in total. The Bertz CT molecular complexity index is 349. The van der Waals surface area contributed by atoms with Crippen molar-refractivity contribution in [2.75, 3.05) is 13.9 Å². The highest BCUT2D eigenvalue weighted by Gasteiger charge is 2.23. The molecule has 0 fully saturated rings. The fraction of sp³-hybridized carbons (Fsp3) is 0.643. The minimum atomic E-state index is -0.424. The van der Waals surface area contributed by atoms with E-state index in [2.05, 4.69) is 31.8 Å². The summed E-state index contributed by atoms with van der Waals surface area (Å²) in [5.41, 5.74) is 1.85. The molecule has 0 radical (unpaired) electrons. The van der Waals surface area contributed by atoms with Crippen molar-refractivity contribution in [3.63, 3.8) is 0 Å². The summed E-state index contributed by atoms with van der Waals surface area (Å²) in [7, 11) is 1.62. The summed E-state index contributed by atoms with van der Waals surface area (Å²) in [6.45, 7) is 10.8. The van der Waals surface area contributed by atoms with Crippen LogP contribution >= 0.6 is 0 Å². The van der Waals surface area contributed by atoms with Gasteiger partial charge in [0, 0.05) is 13.3 Å². The van der Waals surface area contributed by atoms with E-state index in [0.29, 0.717) is 0 Å². The molecule has 0 N–H and O–H groups in total. The number of nitrogens with zero attached hydrogens (tertiary/aromatic N) is 1. The van der Waals surface area contributed by atoms with E-state index in [1.54, 1.807) is 7.11 Å². The molecule has 0 aliphatic rings. The van der Waals surface area contributed by atoms with Gasteiger partial charge in [-0.2, -0.15) is 0 Å². The molecule has 1 aromatic heterocycles. The Labute approximate surface area is 104 Å². The van der Waals surface area contributed by atoms with Gasteiger partial charge in [0.05, 0.1) is 5.69 Å². The van der Waals surface area contributed by atoms with Crippen molar-refractivity contribution in [3.8, 4) is 0 Å². The lowest BCUT2D eigenvalue weighted by Crippen LogP contribution is -2.24. The zero-order chi connectivity index (χ0) is 13.1. The molecule has 96 valence electrons. The van der Waals surface area contributed by atoms with Crippen molar-refractivity contribution in [1.82, 2.24) is 4.98 Å². The second-order valence-electron chi connectivity index (χ2n) is 5.74. The van der Waals surface area contributed by atoms with E-state index < -0.39 is 5.60 Å². The Balaban J connectivity index is 2.87. The van der Waals surface area contributed by atoms with E-state index in [4.69, 9.17) is 9.47 Å². The van der Waals surface area contributed by atoms with E-state index in [9.17, 15) is 0 Å². The normalized spacial score (nSPS) is 12.8. The minimum Gasteiger partial charge on any atom is -0.359 e. The van der Waals surface area contributed by atoms with Gasteiger partial charge < -0.3 is 9.47 Å². The van der Waals surface area contributed by atoms with Gasteiger partial charge in [-0.05, 0) is 30.9 Å². The van der Waals surface area contributed by atoms with Gasteiger partial charge in [-0.3, -0.25) is 4.98 Å². The van der Waals surface area contributed by atoms with Crippen molar-refractivity contribution in [3.05, 3.63) is 29.6 Å². The van der Waals surface area contributed by atoms with Gasteiger partial charge in [0.1, 0.15) is 12.4 Å². The third-order valence-corrected chi connectivity index (χ3v) is 2.78. The van der Waals surface area contributed by atoms with Crippen LogP contribution in [0.3, 0.4) is 0 Å². The number of aromatic nitrogens is 1. The monoisotopic (exact) mass is 237 g/mol. The standard InChI is InChI=1S/C14H23NO2/c1-13(2,3)11-7-8-12(15-9-11)14(4,5)17-10-16-6/h7-9H,10H2,1-6H3. The molecule has 0 aliphatic carbocycles. The maximum Gasteiger partial charge on any atom is 0.147 e. The molecule has 0 saturated heterocycles. The van der Waals surface area contributed by atoms with Crippen LogP contribution in [0.1, 0.15) is 45.9 Å². The predicted molar refractivity (Wildman–Crippen MR) is 68.9 cm³/mol. The third-order valence-electron chi connectivity index (χ3n) is 2.78. The number of pyridine rings is 1. The van der Waals surface area contributed by atoms with Crippen LogP contribution in [0.15, 0.2) is 18.3 Å². The van der Waals surface area contributed by atoms with Crippen molar-refractivity contribution < 1.29 is 9.47 Å². The van der Waals surface area contributed by atoms with E-state index >= 15 is 0 Å². The molecule has 0 aliphatic heterocycles. The fourth-order valence-corrected chi connectivity index (χ4v) is 1.47. The lowest BCUT2D eigenvalue weighted by atomic mass is 9.88. The molecule has 0 spiro atoms. The van der Waals surface area contributed by atoms with Gasteiger partial charge >= 0.3 is 0 Å². The van der Waals surface area contributed by atoms with Crippen LogP contribution in [0.4, 0.5) is 0 Å². The molecule has 1 aromatic rings. The van der Waals surface area contributed by atoms with Gasteiger partial charge in [-0.25, -0.2) is 0 Å². The molecule has 3 heteroatoms. The summed E-state index contributed by atoms with van der Waals surface area (Å²) in [5.74, 6) is 0. The molecule has 0 amide bonds. The first-order chi connectivity index (χ1) is 7.77. The molecule has 0 bridgehead atoms. The van der Waals surface area contributed by atoms with E-state index in [1.807, 2.05) is 26.1 Å². The zero-order valence-corrected chi connectivity index (χ0v) is 11.7. The summed E-state index contributed by atoms with van der Waals surface area (Å²) in [4.78, 5) is 4.49. The highest BCUT2D eigenvalue weighted by Crippen LogP contribution is 2.26. The molecule has 1 rings (SSSR count). The van der Waals surface area contributed by atoms with E-state index in [0.717, 1.165) is 5.69 Å². The molecular formula is C14H23NO2. The molecule has 0 atom stereocenters. The largest absolute Gasteiger partial charge is 0.359 e. The Morgan fingerprint density at radius 1 is 1.12 bits per heavy atom. The maximum atomic E-state index is 5.61. The molecule has 0 aromatic carbocycles. The third kappa shape index (κ3) is 3.79. The summed E-state index contributed by atoms with van der Waals surface area (Å²) < 4.78 is 10.5. The quantitative estimate of drug-likeness (QED) is 0.753. The second-order valence-corrected chi connectivity index (χ2v) is 5.74. The smallest absolute Gasteiger partial charge is 0.147 e. The zero-order valence-electron chi connectivity index (χ0n) is 11.7. The van der Waals surface area contributed by atoms with E-state index in [1.165, 1.54) is 5.56 Å². The average molecular weight is 237 g/mol. The van der Waals surface area contributed by atoms with Crippen molar-refractivity contribution in [1.29, 1.82) is 0 Å². The van der Waals surface area contributed by atoms with Gasteiger partial charge in [0.25, 0.3) is 0 Å². The van der Waals surface area contributed by atoms with Crippen LogP contribution in [0.25, 0.3) is 0 Å². The molecule has 0 saturated carbocycles. The van der Waals surface area contributed by atoms with Crippen LogP contribution in [0.5, 0.6) is 0 Å². The van der Waals surface area contributed by atoms with E-state index in [-0.39, 0.29) is 12.2 Å². The van der Waals surface area contributed by atoms with Crippen LogP contribution in [-0.2, 0) is 20.5 Å². The number of hydrogen-bond donors (Lipinski definition) is 0. The first kappa shape index (κ1) is 14.1. The molecular weight excluding hydrogens is 214 g/mol. The van der Waals surface area contributed by atoms with Crippen LogP contribution < -0.4 is 0 Å². The minimum absolute atomic E-state index is 0.128. The van der Waals surface area contributed by atoms with Gasteiger partial charge in [-0.15, -0.1) is 0 Å². The first-order valence-corrected chi connectivity index (χ1v) is 5.87. The SMILES string of the molecule is COCOC(C)(C)c1ccc(C(C)(C)C)cn1. The Morgan fingerprint density at radius 2 is 1.76 bits per heavy atom. The average Bonchev–Trinajstić information content (AvgIpc) is 2.25. The lowest BCUT2D eigenvalue weighted by Gasteiger charge is -2.25. The second kappa shape index (κ2) is 5.15. The van der Waals surface area contributed by atoms with Crippen molar-refractivity contribution in [2.45, 2.75) is 45.6 Å².